The third-order valence-corrected chi connectivity index (χ3v) is 5.32. The van der Waals surface area contributed by atoms with Crippen molar-refractivity contribution in [3.63, 3.8) is 0 Å². The van der Waals surface area contributed by atoms with Crippen LogP contribution >= 0.6 is 11.3 Å². The van der Waals surface area contributed by atoms with Crippen molar-refractivity contribution in [1.29, 1.82) is 0 Å². The summed E-state index contributed by atoms with van der Waals surface area (Å²) >= 11 is 1.43. The fourth-order valence-electron chi connectivity index (χ4n) is 2.80. The summed E-state index contributed by atoms with van der Waals surface area (Å²) in [5.41, 5.74) is 1.87. The average Bonchev–Trinajstić information content (AvgIpc) is 3.13. The van der Waals surface area contributed by atoms with Gasteiger partial charge in [0.05, 0.1) is 10.2 Å². The van der Waals surface area contributed by atoms with Gasteiger partial charge in [-0.3, -0.25) is 0 Å². The third kappa shape index (κ3) is 4.08. The van der Waals surface area contributed by atoms with Crippen LogP contribution in [0.2, 0.25) is 0 Å². The first-order chi connectivity index (χ1) is 14.3. The van der Waals surface area contributed by atoms with E-state index in [-0.39, 0.29) is 5.75 Å². The molecule has 1 aromatic heterocycles. The van der Waals surface area contributed by atoms with Gasteiger partial charge in [0.2, 0.25) is 0 Å². The second-order valence-electron chi connectivity index (χ2n) is 6.47. The minimum absolute atomic E-state index is 0.203. The van der Waals surface area contributed by atoms with Gasteiger partial charge in [-0.2, -0.15) is 8.78 Å². The number of carboxylic acids is 1. The Labute approximate surface area is 174 Å². The molecule has 0 saturated carbocycles. The Morgan fingerprint density at radius 1 is 1.03 bits per heavy atom. The van der Waals surface area contributed by atoms with Crippen LogP contribution in [0, 0.1) is 6.92 Å². The number of ether oxygens (including phenoxy) is 2. The molecular formula is C22H15F2NO4S. The van der Waals surface area contributed by atoms with Crippen molar-refractivity contribution in [3.8, 4) is 27.8 Å². The molecule has 0 radical (unpaired) electrons. The van der Waals surface area contributed by atoms with Crippen LogP contribution in [0.1, 0.15) is 5.56 Å². The molecule has 0 aliphatic rings. The number of hydrogen-bond acceptors (Lipinski definition) is 5. The molecule has 5 nitrogen and oxygen atoms in total. The predicted molar refractivity (Wildman–Crippen MR) is 110 cm³/mol. The molecule has 1 N–H and O–H groups in total. The molecule has 4 rings (SSSR count). The number of fused-ring (bicyclic) bond motifs is 1. The van der Waals surface area contributed by atoms with Crippen molar-refractivity contribution >= 4 is 27.5 Å². The monoisotopic (exact) mass is 427 g/mol. The van der Waals surface area contributed by atoms with E-state index in [1.54, 1.807) is 19.1 Å². The number of halogens is 2. The molecule has 0 unspecified atom stereocenters. The maximum Gasteiger partial charge on any atom is 0.501 e. The molecule has 0 saturated heterocycles. The summed E-state index contributed by atoms with van der Waals surface area (Å²) in [6, 6.07) is 19.5. The number of hydrogen-bond donors (Lipinski definition) is 1. The number of rotatable bonds is 6. The van der Waals surface area contributed by atoms with E-state index < -0.39 is 12.1 Å². The Morgan fingerprint density at radius 2 is 1.80 bits per heavy atom. The molecule has 0 aliphatic heterocycles. The van der Waals surface area contributed by atoms with Crippen molar-refractivity contribution in [2.45, 2.75) is 13.0 Å². The highest BCUT2D eigenvalue weighted by atomic mass is 32.1. The lowest BCUT2D eigenvalue weighted by Crippen LogP contribution is -2.35. The standard InChI is InChI=1S/C22H15F2NO4S/c1-13-11-14(7-10-18(13)29-22(23,24)21(26)27)20-25-17-9-8-16(12-19(17)30-20)28-15-5-3-2-4-6-15/h2-12H,1H3,(H,26,27). The van der Waals surface area contributed by atoms with Crippen LogP contribution in [0.5, 0.6) is 17.2 Å². The zero-order valence-corrected chi connectivity index (χ0v) is 16.5. The molecule has 0 aliphatic carbocycles. The second-order valence-corrected chi connectivity index (χ2v) is 7.50. The number of carbonyl (C=O) groups is 1. The van der Waals surface area contributed by atoms with Gasteiger partial charge in [-0.1, -0.05) is 18.2 Å². The van der Waals surface area contributed by atoms with E-state index in [2.05, 4.69) is 9.72 Å². The van der Waals surface area contributed by atoms with Gasteiger partial charge in [0.25, 0.3) is 0 Å². The average molecular weight is 427 g/mol. The highest BCUT2D eigenvalue weighted by Gasteiger charge is 2.42. The van der Waals surface area contributed by atoms with Crippen molar-refractivity contribution in [2.24, 2.45) is 0 Å². The lowest BCUT2D eigenvalue weighted by atomic mass is 10.1. The maximum atomic E-state index is 13.3. The first-order valence-electron chi connectivity index (χ1n) is 8.86. The van der Waals surface area contributed by atoms with Crippen molar-refractivity contribution in [2.75, 3.05) is 0 Å². The van der Waals surface area contributed by atoms with Crippen LogP contribution in [-0.2, 0) is 4.79 Å². The molecule has 3 aromatic carbocycles. The molecule has 4 aromatic rings. The van der Waals surface area contributed by atoms with Crippen LogP contribution in [0.15, 0.2) is 66.7 Å². The number of aryl methyl sites for hydroxylation is 1. The minimum Gasteiger partial charge on any atom is -0.474 e. The summed E-state index contributed by atoms with van der Waals surface area (Å²) in [5.74, 6) is -1.14. The topological polar surface area (TPSA) is 68.7 Å². The second kappa shape index (κ2) is 7.72. The fourth-order valence-corrected chi connectivity index (χ4v) is 3.79. The normalized spacial score (nSPS) is 11.4. The summed E-state index contributed by atoms with van der Waals surface area (Å²) in [6.45, 7) is 1.57. The Morgan fingerprint density at radius 3 is 2.50 bits per heavy atom. The zero-order chi connectivity index (χ0) is 21.3. The third-order valence-electron chi connectivity index (χ3n) is 4.25. The van der Waals surface area contributed by atoms with Gasteiger partial charge >= 0.3 is 12.1 Å². The minimum atomic E-state index is -4.29. The quantitative estimate of drug-likeness (QED) is 0.401. The van der Waals surface area contributed by atoms with Crippen LogP contribution in [-0.4, -0.2) is 22.2 Å². The highest BCUT2D eigenvalue weighted by Crippen LogP contribution is 2.36. The first kappa shape index (κ1) is 19.8. The van der Waals surface area contributed by atoms with E-state index in [1.807, 2.05) is 48.5 Å². The van der Waals surface area contributed by atoms with Gasteiger partial charge in [0, 0.05) is 11.6 Å². The largest absolute Gasteiger partial charge is 0.501 e. The molecule has 8 heteroatoms. The number of thiazole rings is 1. The van der Waals surface area contributed by atoms with Crippen molar-refractivity contribution < 1.29 is 28.2 Å². The van der Waals surface area contributed by atoms with Crippen LogP contribution in [0.4, 0.5) is 8.78 Å². The van der Waals surface area contributed by atoms with Crippen LogP contribution in [0.3, 0.4) is 0 Å². The number of carboxylic acid groups (broad SMARTS) is 1. The van der Waals surface area contributed by atoms with Crippen molar-refractivity contribution in [1.82, 2.24) is 4.98 Å². The van der Waals surface area contributed by atoms with E-state index in [1.165, 1.54) is 17.4 Å². The molecule has 0 bridgehead atoms. The predicted octanol–water partition coefficient (Wildman–Crippen LogP) is 6.12. The van der Waals surface area contributed by atoms with Crippen molar-refractivity contribution in [3.05, 3.63) is 72.3 Å². The molecule has 152 valence electrons. The zero-order valence-electron chi connectivity index (χ0n) is 15.6. The molecule has 0 fully saturated rings. The molecule has 0 atom stereocenters. The first-order valence-corrected chi connectivity index (χ1v) is 9.68. The molecule has 1 heterocycles. The van der Waals surface area contributed by atoms with Gasteiger partial charge in [0.15, 0.2) is 0 Å². The number of alkyl halides is 2. The Balaban J connectivity index is 1.60. The maximum absolute atomic E-state index is 13.3. The lowest BCUT2D eigenvalue weighted by Gasteiger charge is -2.15. The number of nitrogens with zero attached hydrogens (tertiary/aromatic N) is 1. The SMILES string of the molecule is Cc1cc(-c2nc3ccc(Oc4ccccc4)cc3s2)ccc1OC(F)(F)C(=O)O. The molecule has 0 amide bonds. The summed E-state index contributed by atoms with van der Waals surface area (Å²) < 4.78 is 37.8. The smallest absolute Gasteiger partial charge is 0.474 e. The summed E-state index contributed by atoms with van der Waals surface area (Å²) in [7, 11) is 0. The van der Waals surface area contributed by atoms with Gasteiger partial charge in [-0.15, -0.1) is 11.3 Å². The fraction of sp³-hybridized carbons (Fsp3) is 0.0909. The Bertz CT molecular complexity index is 1220. The number of aromatic nitrogens is 1. The van der Waals surface area contributed by atoms with E-state index in [9.17, 15) is 13.6 Å². The summed E-state index contributed by atoms with van der Waals surface area (Å²) in [6.07, 6.45) is -4.29. The van der Waals surface area contributed by atoms with Crippen LogP contribution in [0.25, 0.3) is 20.8 Å². The van der Waals surface area contributed by atoms with Gasteiger partial charge in [-0.05, 0) is 55.0 Å². The van der Waals surface area contributed by atoms with Gasteiger partial charge in [0.1, 0.15) is 22.3 Å². The van der Waals surface area contributed by atoms with Gasteiger partial charge in [-0.25, -0.2) is 9.78 Å². The summed E-state index contributed by atoms with van der Waals surface area (Å²) in [5, 5.41) is 9.22. The number of para-hydroxylation sites is 1. The van der Waals surface area contributed by atoms with E-state index in [4.69, 9.17) is 9.84 Å². The molecule has 0 spiro atoms. The van der Waals surface area contributed by atoms with E-state index >= 15 is 0 Å². The number of aliphatic carboxylic acids is 1. The number of benzene rings is 3. The summed E-state index contributed by atoms with van der Waals surface area (Å²) in [4.78, 5) is 15.2. The lowest BCUT2D eigenvalue weighted by molar-refractivity contribution is -0.211. The molecular weight excluding hydrogens is 412 g/mol. The molecule has 30 heavy (non-hydrogen) atoms. The Hall–Kier alpha value is -3.52. The van der Waals surface area contributed by atoms with Crippen LogP contribution < -0.4 is 9.47 Å². The van der Waals surface area contributed by atoms with Gasteiger partial charge < -0.3 is 14.6 Å². The Kier molecular flexibility index (Phi) is 5.09. The van der Waals surface area contributed by atoms with E-state index in [0.717, 1.165) is 16.0 Å². The van der Waals surface area contributed by atoms with E-state index in [0.29, 0.717) is 21.9 Å². The highest BCUT2D eigenvalue weighted by molar-refractivity contribution is 7.21.